The maximum Gasteiger partial charge on any atom is 0.254 e. The molecule has 25 heavy (non-hydrogen) atoms. The molecule has 0 saturated carbocycles. The number of rotatable bonds is 4. The summed E-state index contributed by atoms with van der Waals surface area (Å²) in [5, 5.41) is 4.05. The molecule has 3 rings (SSSR count). The second-order valence-electron chi connectivity index (χ2n) is 5.87. The fourth-order valence-electron chi connectivity index (χ4n) is 3.05. The summed E-state index contributed by atoms with van der Waals surface area (Å²) < 4.78 is 5.11. The third kappa shape index (κ3) is 4.53. The number of carbonyl (C=O) groups is 1. The van der Waals surface area contributed by atoms with Crippen molar-refractivity contribution in [2.24, 2.45) is 0 Å². The van der Waals surface area contributed by atoms with E-state index in [-0.39, 0.29) is 24.4 Å². The molecule has 4 nitrogen and oxygen atoms in total. The number of hydrogen-bond acceptors (Lipinski definition) is 3. The van der Waals surface area contributed by atoms with E-state index < -0.39 is 0 Å². The Balaban J connectivity index is 0.00000225. The molecule has 2 aromatic carbocycles. The van der Waals surface area contributed by atoms with Gasteiger partial charge in [0.15, 0.2) is 0 Å². The number of nitrogens with zero attached hydrogens (tertiary/aromatic N) is 1. The van der Waals surface area contributed by atoms with E-state index in [4.69, 9.17) is 16.3 Å². The standard InChI is InChI=1S/C19H21ClN2O2.ClH/c1-24-13-14-6-8-15(9-7-14)19(23)22-11-10-21-12-18(22)16-4-2-3-5-17(16)20;/h2-9,18,21H,10-13H2,1H3;1H. The molecule has 0 radical (unpaired) electrons. The molecule has 1 saturated heterocycles. The van der Waals surface area contributed by atoms with Crippen LogP contribution in [0.1, 0.15) is 27.5 Å². The van der Waals surface area contributed by atoms with Crippen LogP contribution in [0.3, 0.4) is 0 Å². The molecule has 1 heterocycles. The van der Waals surface area contributed by atoms with Crippen LogP contribution in [-0.4, -0.2) is 37.6 Å². The predicted octanol–water partition coefficient (Wildman–Crippen LogP) is 3.69. The minimum atomic E-state index is -0.0569. The van der Waals surface area contributed by atoms with Crippen LogP contribution >= 0.6 is 24.0 Å². The van der Waals surface area contributed by atoms with Gasteiger partial charge in [0.05, 0.1) is 12.6 Å². The number of nitrogens with one attached hydrogen (secondary N) is 1. The van der Waals surface area contributed by atoms with Gasteiger partial charge in [0.25, 0.3) is 5.91 Å². The summed E-state index contributed by atoms with van der Waals surface area (Å²) in [6.07, 6.45) is 0. The zero-order valence-electron chi connectivity index (χ0n) is 14.1. The molecule has 134 valence electrons. The van der Waals surface area contributed by atoms with E-state index in [1.165, 1.54) is 0 Å². The quantitative estimate of drug-likeness (QED) is 0.878. The number of methoxy groups -OCH3 is 1. The maximum atomic E-state index is 13.0. The van der Waals surface area contributed by atoms with Crippen LogP contribution in [0.5, 0.6) is 0 Å². The molecule has 1 unspecified atom stereocenters. The van der Waals surface area contributed by atoms with Crippen molar-refractivity contribution < 1.29 is 9.53 Å². The molecule has 6 heteroatoms. The van der Waals surface area contributed by atoms with Crippen molar-refractivity contribution in [1.82, 2.24) is 10.2 Å². The molecular weight excluding hydrogens is 359 g/mol. The Bertz CT molecular complexity index is 707. The number of carbonyl (C=O) groups excluding carboxylic acids is 1. The van der Waals surface area contributed by atoms with Gasteiger partial charge in [-0.1, -0.05) is 41.9 Å². The molecule has 1 aliphatic rings. The van der Waals surface area contributed by atoms with E-state index in [1.807, 2.05) is 53.4 Å². The Morgan fingerprint density at radius 3 is 2.64 bits per heavy atom. The van der Waals surface area contributed by atoms with E-state index in [0.717, 1.165) is 17.7 Å². The molecule has 0 spiro atoms. The minimum absolute atomic E-state index is 0. The molecule has 1 N–H and O–H groups in total. The van der Waals surface area contributed by atoms with Gasteiger partial charge in [-0.15, -0.1) is 12.4 Å². The largest absolute Gasteiger partial charge is 0.380 e. The monoisotopic (exact) mass is 380 g/mol. The van der Waals surface area contributed by atoms with Crippen LogP contribution in [0, 0.1) is 0 Å². The summed E-state index contributed by atoms with van der Waals surface area (Å²) in [6.45, 7) is 2.70. The number of amides is 1. The Hall–Kier alpha value is -1.59. The summed E-state index contributed by atoms with van der Waals surface area (Å²) in [7, 11) is 1.66. The van der Waals surface area contributed by atoms with E-state index in [0.29, 0.717) is 30.3 Å². The van der Waals surface area contributed by atoms with Crippen molar-refractivity contribution in [2.75, 3.05) is 26.7 Å². The third-order valence-corrected chi connectivity index (χ3v) is 4.62. The molecular formula is C19H22Cl2N2O2. The van der Waals surface area contributed by atoms with E-state index >= 15 is 0 Å². The highest BCUT2D eigenvalue weighted by Crippen LogP contribution is 2.29. The third-order valence-electron chi connectivity index (χ3n) is 4.28. The fourth-order valence-corrected chi connectivity index (χ4v) is 3.31. The van der Waals surface area contributed by atoms with Gasteiger partial charge in [-0.3, -0.25) is 4.79 Å². The number of ether oxygens (including phenoxy) is 1. The van der Waals surface area contributed by atoms with Crippen molar-refractivity contribution in [1.29, 1.82) is 0 Å². The highest BCUT2D eigenvalue weighted by Gasteiger charge is 2.29. The van der Waals surface area contributed by atoms with E-state index in [1.54, 1.807) is 7.11 Å². The Morgan fingerprint density at radius 2 is 1.96 bits per heavy atom. The average molecular weight is 381 g/mol. The average Bonchev–Trinajstić information content (AvgIpc) is 2.62. The van der Waals surface area contributed by atoms with Gasteiger partial charge in [0, 0.05) is 37.3 Å². The minimum Gasteiger partial charge on any atom is -0.380 e. The maximum absolute atomic E-state index is 13.0. The molecule has 1 fully saturated rings. The highest BCUT2D eigenvalue weighted by molar-refractivity contribution is 6.31. The van der Waals surface area contributed by atoms with Crippen LogP contribution in [-0.2, 0) is 11.3 Å². The topological polar surface area (TPSA) is 41.6 Å². The van der Waals surface area contributed by atoms with Gasteiger partial charge in [0.2, 0.25) is 0 Å². The molecule has 1 atom stereocenters. The van der Waals surface area contributed by atoms with Crippen molar-refractivity contribution >= 4 is 29.9 Å². The van der Waals surface area contributed by atoms with Crippen LogP contribution in [0.15, 0.2) is 48.5 Å². The predicted molar refractivity (Wildman–Crippen MR) is 103 cm³/mol. The van der Waals surface area contributed by atoms with Crippen molar-refractivity contribution in [3.63, 3.8) is 0 Å². The van der Waals surface area contributed by atoms with Crippen LogP contribution in [0.4, 0.5) is 0 Å². The van der Waals surface area contributed by atoms with E-state index in [2.05, 4.69) is 5.32 Å². The first-order chi connectivity index (χ1) is 11.7. The number of halogens is 2. The van der Waals surface area contributed by atoms with Crippen molar-refractivity contribution in [2.45, 2.75) is 12.6 Å². The fraction of sp³-hybridized carbons (Fsp3) is 0.316. The smallest absolute Gasteiger partial charge is 0.254 e. The second-order valence-corrected chi connectivity index (χ2v) is 6.28. The van der Waals surface area contributed by atoms with Gasteiger partial charge in [0.1, 0.15) is 0 Å². The van der Waals surface area contributed by atoms with Gasteiger partial charge in [-0.25, -0.2) is 0 Å². The second kappa shape index (κ2) is 9.20. The zero-order valence-corrected chi connectivity index (χ0v) is 15.6. The van der Waals surface area contributed by atoms with Crippen molar-refractivity contribution in [3.05, 3.63) is 70.2 Å². The number of piperazine rings is 1. The summed E-state index contributed by atoms with van der Waals surface area (Å²) in [5.74, 6) is 0.0328. The Kier molecular flexibility index (Phi) is 7.26. The molecule has 2 aromatic rings. The van der Waals surface area contributed by atoms with Gasteiger partial charge >= 0.3 is 0 Å². The molecule has 1 aliphatic heterocycles. The summed E-state index contributed by atoms with van der Waals surface area (Å²) >= 11 is 6.35. The van der Waals surface area contributed by atoms with Gasteiger partial charge in [-0.05, 0) is 29.3 Å². The first-order valence-electron chi connectivity index (χ1n) is 8.04. The van der Waals surface area contributed by atoms with Gasteiger partial charge < -0.3 is 15.0 Å². The molecule has 0 aliphatic carbocycles. The Labute approximate surface area is 159 Å². The van der Waals surface area contributed by atoms with Crippen LogP contribution in [0.25, 0.3) is 0 Å². The van der Waals surface area contributed by atoms with Gasteiger partial charge in [-0.2, -0.15) is 0 Å². The lowest BCUT2D eigenvalue weighted by atomic mass is 10.0. The lowest BCUT2D eigenvalue weighted by Gasteiger charge is -2.37. The lowest BCUT2D eigenvalue weighted by molar-refractivity contribution is 0.0634. The van der Waals surface area contributed by atoms with Crippen molar-refractivity contribution in [3.8, 4) is 0 Å². The molecule has 1 amide bonds. The summed E-state index contributed by atoms with van der Waals surface area (Å²) in [4.78, 5) is 14.9. The van der Waals surface area contributed by atoms with Crippen LogP contribution in [0.2, 0.25) is 5.02 Å². The number of hydrogen-bond donors (Lipinski definition) is 1. The zero-order chi connectivity index (χ0) is 16.9. The Morgan fingerprint density at radius 1 is 1.24 bits per heavy atom. The summed E-state index contributed by atoms with van der Waals surface area (Å²) in [5.41, 5.74) is 2.72. The normalized spacial score (nSPS) is 17.0. The van der Waals surface area contributed by atoms with Crippen LogP contribution < -0.4 is 5.32 Å². The SMILES string of the molecule is COCc1ccc(C(=O)N2CCNCC2c2ccccc2Cl)cc1.Cl. The number of benzene rings is 2. The molecule has 0 aromatic heterocycles. The summed E-state index contributed by atoms with van der Waals surface area (Å²) in [6, 6.07) is 15.3. The molecule has 0 bridgehead atoms. The first kappa shape index (κ1) is 19.7. The van der Waals surface area contributed by atoms with E-state index in [9.17, 15) is 4.79 Å². The lowest BCUT2D eigenvalue weighted by Crippen LogP contribution is -2.48. The highest BCUT2D eigenvalue weighted by atomic mass is 35.5. The first-order valence-corrected chi connectivity index (χ1v) is 8.42.